The van der Waals surface area contributed by atoms with Gasteiger partial charge in [-0.3, -0.25) is 10.3 Å². The molecule has 0 saturated carbocycles. The first kappa shape index (κ1) is 23.4. The number of hydrogen-bond acceptors (Lipinski definition) is 7. The largest absolute Gasteiger partial charge is 0.480 e. The second-order valence-electron chi connectivity index (χ2n) is 6.55. The fourth-order valence-corrected chi connectivity index (χ4v) is 2.15. The summed E-state index contributed by atoms with van der Waals surface area (Å²) >= 11 is 16.4. The molecule has 0 radical (unpaired) electrons. The van der Waals surface area contributed by atoms with Crippen molar-refractivity contribution in [1.82, 2.24) is 16.0 Å². The van der Waals surface area contributed by atoms with Crippen LogP contribution in [0, 0.1) is 0 Å². The van der Waals surface area contributed by atoms with Crippen LogP contribution in [-0.2, 0) is 14.3 Å². The number of carbonyl (C=O) groups is 3. The van der Waals surface area contributed by atoms with Crippen molar-refractivity contribution in [3.05, 3.63) is 0 Å². The molecule has 0 aromatic heterocycles. The Hall–Kier alpha value is -1.65. The molecule has 1 rings (SSSR count). The Kier molecular flexibility index (Phi) is 8.24. The van der Waals surface area contributed by atoms with Crippen molar-refractivity contribution in [1.29, 1.82) is 0 Å². The van der Waals surface area contributed by atoms with Gasteiger partial charge in [0.15, 0.2) is 0 Å². The van der Waals surface area contributed by atoms with Gasteiger partial charge in [0.2, 0.25) is 9.75 Å². The molecule has 0 spiro atoms. The number of alkyl carbamates (subject to hydrolysis) is 2. The number of hydrogen-bond donors (Lipinski definition) is 4. The van der Waals surface area contributed by atoms with Gasteiger partial charge in [0.05, 0.1) is 6.04 Å². The molecule has 0 aromatic carbocycles. The van der Waals surface area contributed by atoms with Gasteiger partial charge in [0, 0.05) is 6.54 Å². The van der Waals surface area contributed by atoms with Crippen LogP contribution in [0.5, 0.6) is 0 Å². The molecule has 27 heavy (non-hydrogen) atoms. The summed E-state index contributed by atoms with van der Waals surface area (Å²) in [6.45, 7) is 4.67. The fourth-order valence-electron chi connectivity index (χ4n) is 1.98. The summed E-state index contributed by atoms with van der Waals surface area (Å²) in [7, 11) is 0. The quantitative estimate of drug-likeness (QED) is 0.482. The van der Waals surface area contributed by atoms with Crippen molar-refractivity contribution in [2.24, 2.45) is 4.99 Å². The maximum Gasteiger partial charge on any atom is 0.414 e. The van der Waals surface area contributed by atoms with Gasteiger partial charge >= 0.3 is 18.2 Å². The standard InChI is InChI=1S/C14H21Cl3N4O6/c1-13(2,3)27-12(25)20-8(9(22)23)7-4-5-18-10(19-7)21-11(24)26-6-14(15,16)17/h7-8H,4-6H2,1-3H3,(H,20,25)(H,22,23)(H2,18,19,21,24)/t7-,8-/m0/s1. The van der Waals surface area contributed by atoms with E-state index in [1.54, 1.807) is 20.8 Å². The molecule has 2 amide bonds. The van der Waals surface area contributed by atoms with Gasteiger partial charge in [-0.15, -0.1) is 0 Å². The molecular weight excluding hydrogens is 427 g/mol. The molecule has 154 valence electrons. The molecular formula is C14H21Cl3N4O6. The Morgan fingerprint density at radius 3 is 2.44 bits per heavy atom. The summed E-state index contributed by atoms with van der Waals surface area (Å²) in [5.41, 5.74) is -0.784. The van der Waals surface area contributed by atoms with Crippen molar-refractivity contribution < 1.29 is 29.0 Å². The first-order chi connectivity index (χ1) is 12.3. The number of halogens is 3. The van der Waals surface area contributed by atoms with Crippen LogP contribution in [0.15, 0.2) is 4.99 Å². The molecule has 13 heteroatoms. The van der Waals surface area contributed by atoms with E-state index in [1.165, 1.54) is 0 Å². The Bertz CT molecular complexity index is 603. The topological polar surface area (TPSA) is 138 Å². The lowest BCUT2D eigenvalue weighted by atomic mass is 10.0. The zero-order valence-corrected chi connectivity index (χ0v) is 17.1. The molecule has 2 atom stereocenters. The third-order valence-electron chi connectivity index (χ3n) is 2.96. The minimum absolute atomic E-state index is 0.0298. The van der Waals surface area contributed by atoms with E-state index in [-0.39, 0.29) is 12.5 Å². The van der Waals surface area contributed by atoms with Gasteiger partial charge in [-0.05, 0) is 27.2 Å². The third-order valence-corrected chi connectivity index (χ3v) is 3.29. The molecule has 1 aliphatic rings. The molecule has 0 aliphatic carbocycles. The van der Waals surface area contributed by atoms with Gasteiger partial charge < -0.3 is 25.2 Å². The van der Waals surface area contributed by atoms with Crippen LogP contribution in [0.2, 0.25) is 0 Å². The molecule has 0 bridgehead atoms. The lowest BCUT2D eigenvalue weighted by molar-refractivity contribution is -0.140. The monoisotopic (exact) mass is 446 g/mol. The zero-order valence-electron chi connectivity index (χ0n) is 14.8. The smallest absolute Gasteiger partial charge is 0.414 e. The lowest BCUT2D eigenvalue weighted by Crippen LogP contribution is -2.60. The van der Waals surface area contributed by atoms with E-state index in [4.69, 9.17) is 44.3 Å². The number of ether oxygens (including phenoxy) is 2. The summed E-state index contributed by atoms with van der Waals surface area (Å²) < 4.78 is 7.99. The van der Waals surface area contributed by atoms with Gasteiger partial charge in [0.1, 0.15) is 18.2 Å². The number of amides is 2. The number of alkyl halides is 3. The van der Waals surface area contributed by atoms with Crippen molar-refractivity contribution in [3.8, 4) is 0 Å². The predicted molar refractivity (Wildman–Crippen MR) is 99.4 cm³/mol. The number of carboxylic acid groups (broad SMARTS) is 1. The van der Waals surface area contributed by atoms with Gasteiger partial charge in [-0.1, -0.05) is 34.8 Å². The van der Waals surface area contributed by atoms with Crippen LogP contribution in [0.4, 0.5) is 9.59 Å². The summed E-state index contributed by atoms with van der Waals surface area (Å²) in [6.07, 6.45) is -1.53. The van der Waals surface area contributed by atoms with Crippen LogP contribution in [-0.4, -0.2) is 63.9 Å². The summed E-state index contributed by atoms with van der Waals surface area (Å²) in [6, 6.07) is -2.07. The highest BCUT2D eigenvalue weighted by Gasteiger charge is 2.34. The predicted octanol–water partition coefficient (Wildman–Crippen LogP) is 1.78. The Balaban J connectivity index is 2.66. The number of nitrogens with one attached hydrogen (secondary N) is 3. The van der Waals surface area contributed by atoms with Gasteiger partial charge in [-0.2, -0.15) is 0 Å². The van der Waals surface area contributed by atoms with E-state index >= 15 is 0 Å². The first-order valence-corrected chi connectivity index (χ1v) is 8.94. The van der Waals surface area contributed by atoms with E-state index in [0.29, 0.717) is 6.42 Å². The van der Waals surface area contributed by atoms with E-state index < -0.39 is 46.2 Å². The number of guanidine groups is 1. The van der Waals surface area contributed by atoms with Crippen molar-refractivity contribution >= 4 is 58.9 Å². The Labute approximate surface area is 170 Å². The number of nitrogens with zero attached hydrogens (tertiary/aromatic N) is 1. The second-order valence-corrected chi connectivity index (χ2v) is 9.06. The van der Waals surface area contributed by atoms with E-state index in [2.05, 4.69) is 20.9 Å². The number of rotatable bonds is 4. The molecule has 0 saturated heterocycles. The normalized spacial score (nSPS) is 18.4. The molecule has 0 fully saturated rings. The zero-order chi connectivity index (χ0) is 20.8. The van der Waals surface area contributed by atoms with Crippen LogP contribution < -0.4 is 16.0 Å². The minimum Gasteiger partial charge on any atom is -0.480 e. The number of aliphatic carboxylic acids is 1. The maximum atomic E-state index is 11.9. The van der Waals surface area contributed by atoms with Crippen LogP contribution in [0.25, 0.3) is 0 Å². The number of carboxylic acids is 1. The molecule has 1 heterocycles. The SMILES string of the molecule is CC(C)(C)OC(=O)N[C@H](C(=O)O)[C@@H]1CCN=C(NC(=O)OCC(Cl)(Cl)Cl)N1. The van der Waals surface area contributed by atoms with Crippen LogP contribution >= 0.6 is 34.8 Å². The van der Waals surface area contributed by atoms with E-state index in [1.807, 2.05) is 0 Å². The molecule has 1 aliphatic heterocycles. The number of aliphatic imine (C=N–C) groups is 1. The Morgan fingerprint density at radius 1 is 1.30 bits per heavy atom. The van der Waals surface area contributed by atoms with Crippen LogP contribution in [0.1, 0.15) is 27.2 Å². The number of carbonyl (C=O) groups excluding carboxylic acids is 2. The Morgan fingerprint density at radius 2 is 1.93 bits per heavy atom. The van der Waals surface area contributed by atoms with Crippen molar-refractivity contribution in [2.45, 2.75) is 48.7 Å². The fraction of sp³-hybridized carbons (Fsp3) is 0.714. The third kappa shape index (κ3) is 9.73. The van der Waals surface area contributed by atoms with Crippen LogP contribution in [0.3, 0.4) is 0 Å². The summed E-state index contributed by atoms with van der Waals surface area (Å²) in [5, 5.41) is 16.7. The summed E-state index contributed by atoms with van der Waals surface area (Å²) in [4.78, 5) is 39.1. The molecule has 4 N–H and O–H groups in total. The molecule has 0 aromatic rings. The van der Waals surface area contributed by atoms with E-state index in [0.717, 1.165) is 0 Å². The molecule has 10 nitrogen and oxygen atoms in total. The van der Waals surface area contributed by atoms with Gasteiger partial charge in [0.25, 0.3) is 0 Å². The van der Waals surface area contributed by atoms with Crippen molar-refractivity contribution in [2.75, 3.05) is 13.2 Å². The highest BCUT2D eigenvalue weighted by atomic mass is 35.6. The highest BCUT2D eigenvalue weighted by Crippen LogP contribution is 2.25. The summed E-state index contributed by atoms with van der Waals surface area (Å²) in [5.74, 6) is -1.31. The molecule has 0 unspecified atom stereocenters. The van der Waals surface area contributed by atoms with Gasteiger partial charge in [-0.25, -0.2) is 14.4 Å². The minimum atomic E-state index is -1.77. The van der Waals surface area contributed by atoms with E-state index in [9.17, 15) is 19.5 Å². The maximum absolute atomic E-state index is 11.9. The second kappa shape index (κ2) is 9.52. The average molecular weight is 448 g/mol. The average Bonchev–Trinajstić information content (AvgIpc) is 2.48. The highest BCUT2D eigenvalue weighted by molar-refractivity contribution is 6.67. The lowest BCUT2D eigenvalue weighted by Gasteiger charge is -2.30. The first-order valence-electron chi connectivity index (χ1n) is 7.80. The van der Waals surface area contributed by atoms with Crippen molar-refractivity contribution in [3.63, 3.8) is 0 Å².